The molecule has 0 spiro atoms. The molecule has 21 heavy (non-hydrogen) atoms. The molecular weight excluding hydrogens is 264 g/mol. The lowest BCUT2D eigenvalue weighted by Gasteiger charge is -2.21. The third kappa shape index (κ3) is 3.57. The summed E-state index contributed by atoms with van der Waals surface area (Å²) >= 11 is 0. The molecule has 0 aliphatic heterocycles. The second-order valence-corrected chi connectivity index (χ2v) is 5.24. The van der Waals surface area contributed by atoms with Crippen LogP contribution in [0, 0.1) is 13.8 Å². The van der Waals surface area contributed by atoms with Gasteiger partial charge in [0.15, 0.2) is 5.78 Å². The Morgan fingerprint density at radius 3 is 1.90 bits per heavy atom. The average molecular weight is 284 g/mol. The molecule has 0 fully saturated rings. The van der Waals surface area contributed by atoms with Gasteiger partial charge in [0.1, 0.15) is 12.2 Å². The fraction of sp³-hybridized carbons (Fsp3) is 0.278. The molecule has 0 saturated carbocycles. The van der Waals surface area contributed by atoms with E-state index in [0.717, 1.165) is 16.7 Å². The highest BCUT2D eigenvalue weighted by Crippen LogP contribution is 2.23. The van der Waals surface area contributed by atoms with Crippen LogP contribution in [0.3, 0.4) is 0 Å². The van der Waals surface area contributed by atoms with Gasteiger partial charge >= 0.3 is 0 Å². The van der Waals surface area contributed by atoms with Crippen molar-refractivity contribution in [3.05, 3.63) is 70.8 Å². The lowest BCUT2D eigenvalue weighted by atomic mass is 9.96. The lowest BCUT2D eigenvalue weighted by Crippen LogP contribution is -2.29. The van der Waals surface area contributed by atoms with Crippen LogP contribution in [0.5, 0.6) is 0 Å². The van der Waals surface area contributed by atoms with Crippen LogP contribution in [0.25, 0.3) is 0 Å². The van der Waals surface area contributed by atoms with E-state index in [-0.39, 0.29) is 5.78 Å². The monoisotopic (exact) mass is 284 g/mol. The number of hydrogen-bond acceptors (Lipinski definition) is 3. The van der Waals surface area contributed by atoms with E-state index in [1.165, 1.54) is 7.11 Å². The average Bonchev–Trinajstić information content (AvgIpc) is 2.50. The first-order valence-electron chi connectivity index (χ1n) is 6.91. The number of hydrogen-bond donors (Lipinski definition) is 1. The maximum absolute atomic E-state index is 12.4. The number of methoxy groups -OCH3 is 1. The number of rotatable bonds is 5. The Morgan fingerprint density at radius 1 is 0.952 bits per heavy atom. The van der Waals surface area contributed by atoms with Crippen molar-refractivity contribution in [2.24, 2.45) is 0 Å². The minimum absolute atomic E-state index is 0.331. The molecule has 2 rings (SSSR count). The van der Waals surface area contributed by atoms with Crippen molar-refractivity contribution in [2.45, 2.75) is 26.1 Å². The molecule has 0 radical (unpaired) electrons. The van der Waals surface area contributed by atoms with E-state index >= 15 is 0 Å². The number of benzene rings is 2. The van der Waals surface area contributed by atoms with E-state index in [4.69, 9.17) is 4.74 Å². The zero-order chi connectivity index (χ0) is 15.4. The van der Waals surface area contributed by atoms with Gasteiger partial charge in [-0.15, -0.1) is 0 Å². The predicted octanol–water partition coefficient (Wildman–Crippen LogP) is 3.23. The van der Waals surface area contributed by atoms with Crippen LogP contribution in [0.2, 0.25) is 0 Å². The third-order valence-corrected chi connectivity index (χ3v) is 3.55. The SMILES string of the molecule is CO[C@H](c1ccc(C)cc1)[C@@H](O)C(=O)c1ccc(C)cc1. The van der Waals surface area contributed by atoms with Crippen LogP contribution in [0.1, 0.15) is 33.2 Å². The molecule has 0 unspecified atom stereocenters. The number of ether oxygens (including phenoxy) is 1. The van der Waals surface area contributed by atoms with Crippen LogP contribution >= 0.6 is 0 Å². The quantitative estimate of drug-likeness (QED) is 0.857. The van der Waals surface area contributed by atoms with Gasteiger partial charge in [-0.25, -0.2) is 0 Å². The summed E-state index contributed by atoms with van der Waals surface area (Å²) in [5.74, 6) is -0.331. The smallest absolute Gasteiger partial charge is 0.194 e. The summed E-state index contributed by atoms with van der Waals surface area (Å²) in [6.45, 7) is 3.94. The van der Waals surface area contributed by atoms with Crippen molar-refractivity contribution >= 4 is 5.78 Å². The van der Waals surface area contributed by atoms with Crippen LogP contribution in [-0.2, 0) is 4.74 Å². The van der Waals surface area contributed by atoms with Gasteiger partial charge in [-0.05, 0) is 19.4 Å². The summed E-state index contributed by atoms with van der Waals surface area (Å²) in [5.41, 5.74) is 3.47. The highest BCUT2D eigenvalue weighted by Gasteiger charge is 2.28. The minimum Gasteiger partial charge on any atom is -0.382 e. The molecule has 3 heteroatoms. The molecule has 2 aromatic carbocycles. The van der Waals surface area contributed by atoms with Gasteiger partial charge in [-0.2, -0.15) is 0 Å². The van der Waals surface area contributed by atoms with Crippen molar-refractivity contribution in [1.82, 2.24) is 0 Å². The van der Waals surface area contributed by atoms with Crippen molar-refractivity contribution in [3.8, 4) is 0 Å². The Balaban J connectivity index is 2.23. The zero-order valence-electron chi connectivity index (χ0n) is 12.5. The molecule has 0 amide bonds. The lowest BCUT2D eigenvalue weighted by molar-refractivity contribution is -0.00431. The van der Waals surface area contributed by atoms with E-state index in [9.17, 15) is 9.90 Å². The van der Waals surface area contributed by atoms with Gasteiger partial charge in [-0.1, -0.05) is 59.7 Å². The molecule has 1 N–H and O–H groups in total. The summed E-state index contributed by atoms with van der Waals surface area (Å²) in [7, 11) is 1.50. The van der Waals surface area contributed by atoms with Gasteiger partial charge in [0.25, 0.3) is 0 Å². The Bertz CT molecular complexity index is 599. The van der Waals surface area contributed by atoms with E-state index in [1.54, 1.807) is 12.1 Å². The number of aliphatic hydroxyl groups is 1. The predicted molar refractivity (Wildman–Crippen MR) is 82.4 cm³/mol. The molecule has 0 bridgehead atoms. The molecule has 0 heterocycles. The first-order chi connectivity index (χ1) is 10.0. The van der Waals surface area contributed by atoms with Crippen LogP contribution in [0.4, 0.5) is 0 Å². The number of carbonyl (C=O) groups excluding carboxylic acids is 1. The molecule has 2 atom stereocenters. The number of Topliss-reactive ketones (excluding diaryl/α,β-unsaturated/α-hetero) is 1. The van der Waals surface area contributed by atoms with Crippen LogP contribution in [-0.4, -0.2) is 24.1 Å². The third-order valence-electron chi connectivity index (χ3n) is 3.55. The Morgan fingerprint density at radius 2 is 1.43 bits per heavy atom. The summed E-state index contributed by atoms with van der Waals surface area (Å²) in [6, 6.07) is 14.8. The van der Waals surface area contributed by atoms with E-state index in [1.807, 2.05) is 50.2 Å². The van der Waals surface area contributed by atoms with Crippen molar-refractivity contribution in [1.29, 1.82) is 0 Å². The van der Waals surface area contributed by atoms with Gasteiger partial charge in [0, 0.05) is 12.7 Å². The Kier molecular flexibility index (Phi) is 4.89. The number of aliphatic hydroxyl groups excluding tert-OH is 1. The van der Waals surface area contributed by atoms with Crippen molar-refractivity contribution < 1.29 is 14.6 Å². The van der Waals surface area contributed by atoms with Crippen molar-refractivity contribution in [2.75, 3.05) is 7.11 Å². The molecule has 0 saturated heterocycles. The summed E-state index contributed by atoms with van der Waals surface area (Å²) in [6.07, 6.45) is -1.89. The second-order valence-electron chi connectivity index (χ2n) is 5.24. The van der Waals surface area contributed by atoms with E-state index < -0.39 is 12.2 Å². The molecule has 2 aromatic rings. The summed E-state index contributed by atoms with van der Waals surface area (Å²) in [4.78, 5) is 12.4. The van der Waals surface area contributed by atoms with Gasteiger partial charge in [0.2, 0.25) is 0 Å². The largest absolute Gasteiger partial charge is 0.382 e. The maximum atomic E-state index is 12.4. The molecule has 0 aromatic heterocycles. The molecule has 0 aliphatic rings. The van der Waals surface area contributed by atoms with E-state index in [0.29, 0.717) is 5.56 Å². The molecule has 110 valence electrons. The first kappa shape index (κ1) is 15.4. The zero-order valence-corrected chi connectivity index (χ0v) is 12.5. The maximum Gasteiger partial charge on any atom is 0.194 e. The molecule has 0 aliphatic carbocycles. The molecular formula is C18H20O3. The fourth-order valence-electron chi connectivity index (χ4n) is 2.23. The van der Waals surface area contributed by atoms with E-state index in [2.05, 4.69) is 0 Å². The minimum atomic E-state index is -1.22. The summed E-state index contributed by atoms with van der Waals surface area (Å²) in [5, 5.41) is 10.3. The number of ketones is 1. The van der Waals surface area contributed by atoms with Crippen LogP contribution < -0.4 is 0 Å². The summed E-state index contributed by atoms with van der Waals surface area (Å²) < 4.78 is 5.33. The van der Waals surface area contributed by atoms with Gasteiger partial charge < -0.3 is 9.84 Å². The second kappa shape index (κ2) is 6.66. The highest BCUT2D eigenvalue weighted by molar-refractivity contribution is 5.99. The standard InChI is InChI=1S/C18H20O3/c1-12-4-8-14(9-5-12)16(19)17(20)18(21-3)15-10-6-13(2)7-11-15/h4-11,17-18,20H,1-3H3/t17-,18+/m0/s1. The Labute approximate surface area is 125 Å². The normalized spacial score (nSPS) is 13.7. The first-order valence-corrected chi connectivity index (χ1v) is 6.91. The van der Waals surface area contributed by atoms with Crippen LogP contribution in [0.15, 0.2) is 48.5 Å². The van der Waals surface area contributed by atoms with Gasteiger partial charge in [-0.3, -0.25) is 4.79 Å². The molecule has 3 nitrogen and oxygen atoms in total. The highest BCUT2D eigenvalue weighted by atomic mass is 16.5. The Hall–Kier alpha value is -1.97. The number of carbonyl (C=O) groups is 1. The number of aryl methyl sites for hydroxylation is 2. The van der Waals surface area contributed by atoms with Crippen molar-refractivity contribution in [3.63, 3.8) is 0 Å². The topological polar surface area (TPSA) is 46.5 Å². The fourth-order valence-corrected chi connectivity index (χ4v) is 2.23. The van der Waals surface area contributed by atoms with Gasteiger partial charge in [0.05, 0.1) is 0 Å².